The number of benzene rings is 2. The molecule has 1 heterocycles. The average Bonchev–Trinajstić information content (AvgIpc) is 2.48. The molecule has 20 heavy (non-hydrogen) atoms. The summed E-state index contributed by atoms with van der Waals surface area (Å²) >= 11 is 0. The van der Waals surface area contributed by atoms with E-state index in [1.165, 1.54) is 6.07 Å². The molecular formula is C16H16FNO2. The van der Waals surface area contributed by atoms with Crippen LogP contribution in [0.25, 0.3) is 0 Å². The van der Waals surface area contributed by atoms with Crippen LogP contribution in [0, 0.1) is 12.7 Å². The monoisotopic (exact) mass is 273 g/mol. The summed E-state index contributed by atoms with van der Waals surface area (Å²) in [6, 6.07) is 11.7. The lowest BCUT2D eigenvalue weighted by Crippen LogP contribution is -2.39. The van der Waals surface area contributed by atoms with Crippen LogP contribution in [0.3, 0.4) is 0 Å². The molecule has 2 unspecified atom stereocenters. The highest BCUT2D eigenvalue weighted by molar-refractivity contribution is 5.41. The van der Waals surface area contributed by atoms with Gasteiger partial charge in [-0.2, -0.15) is 0 Å². The first-order valence-electron chi connectivity index (χ1n) is 6.55. The summed E-state index contributed by atoms with van der Waals surface area (Å²) in [7, 11) is 0. The number of nitrogens with two attached hydrogens (primary N) is 1. The number of rotatable bonds is 2. The first-order chi connectivity index (χ1) is 9.65. The molecule has 0 radical (unpaired) electrons. The summed E-state index contributed by atoms with van der Waals surface area (Å²) in [6.07, 6.45) is -0.402. The van der Waals surface area contributed by atoms with Crippen molar-refractivity contribution in [2.24, 2.45) is 5.73 Å². The van der Waals surface area contributed by atoms with E-state index in [0.717, 1.165) is 5.56 Å². The summed E-state index contributed by atoms with van der Waals surface area (Å²) in [5, 5.41) is 0. The van der Waals surface area contributed by atoms with E-state index in [9.17, 15) is 4.39 Å². The molecule has 0 bridgehead atoms. The molecule has 0 aliphatic carbocycles. The number of fused-ring (bicyclic) bond motifs is 1. The van der Waals surface area contributed by atoms with Crippen LogP contribution in [0.1, 0.15) is 17.2 Å². The van der Waals surface area contributed by atoms with Gasteiger partial charge in [-0.05, 0) is 25.1 Å². The topological polar surface area (TPSA) is 44.5 Å². The molecule has 104 valence electrons. The maximum Gasteiger partial charge on any atom is 0.161 e. The lowest BCUT2D eigenvalue weighted by molar-refractivity contribution is 0.0712. The number of halogens is 1. The van der Waals surface area contributed by atoms with Crippen molar-refractivity contribution < 1.29 is 13.9 Å². The normalized spacial score (nSPS) is 18.6. The highest BCUT2D eigenvalue weighted by Gasteiger charge is 2.29. The zero-order valence-corrected chi connectivity index (χ0v) is 11.2. The molecular weight excluding hydrogens is 257 g/mol. The second-order valence-electron chi connectivity index (χ2n) is 4.96. The predicted octanol–water partition coefficient (Wildman–Crippen LogP) is 2.97. The zero-order valence-electron chi connectivity index (χ0n) is 11.2. The molecule has 2 aromatic carbocycles. The molecule has 0 saturated carbocycles. The fourth-order valence-electron chi connectivity index (χ4n) is 2.33. The number of ether oxygens (including phenoxy) is 2. The Bertz CT molecular complexity index is 630. The molecule has 0 saturated heterocycles. The molecule has 0 fully saturated rings. The Morgan fingerprint density at radius 1 is 1.20 bits per heavy atom. The van der Waals surface area contributed by atoms with Gasteiger partial charge < -0.3 is 15.2 Å². The largest absolute Gasteiger partial charge is 0.486 e. The van der Waals surface area contributed by atoms with Gasteiger partial charge >= 0.3 is 0 Å². The standard InChI is InChI=1S/C16H16FNO2/c1-10-6-7-12(17)11(8-10)16(18)15-9-19-13-4-2-3-5-14(13)20-15/h2-8,15-16H,9,18H2,1H3. The van der Waals surface area contributed by atoms with Crippen molar-refractivity contribution in [3.05, 3.63) is 59.4 Å². The number of para-hydroxylation sites is 2. The first kappa shape index (κ1) is 12.9. The van der Waals surface area contributed by atoms with Gasteiger partial charge in [0, 0.05) is 5.56 Å². The van der Waals surface area contributed by atoms with Crippen molar-refractivity contribution in [3.63, 3.8) is 0 Å². The smallest absolute Gasteiger partial charge is 0.161 e. The third kappa shape index (κ3) is 2.34. The van der Waals surface area contributed by atoms with Gasteiger partial charge in [0.25, 0.3) is 0 Å². The van der Waals surface area contributed by atoms with Gasteiger partial charge in [-0.1, -0.05) is 29.8 Å². The summed E-state index contributed by atoms with van der Waals surface area (Å²) < 4.78 is 25.3. The number of hydrogen-bond donors (Lipinski definition) is 1. The van der Waals surface area contributed by atoms with Gasteiger partial charge in [-0.15, -0.1) is 0 Å². The number of aryl methyl sites for hydroxylation is 1. The highest BCUT2D eigenvalue weighted by Crippen LogP contribution is 2.34. The maximum absolute atomic E-state index is 13.9. The highest BCUT2D eigenvalue weighted by atomic mass is 19.1. The van der Waals surface area contributed by atoms with E-state index in [2.05, 4.69) is 0 Å². The maximum atomic E-state index is 13.9. The van der Waals surface area contributed by atoms with Crippen molar-refractivity contribution in [2.75, 3.05) is 6.61 Å². The van der Waals surface area contributed by atoms with Crippen molar-refractivity contribution in [2.45, 2.75) is 19.1 Å². The Morgan fingerprint density at radius 3 is 2.75 bits per heavy atom. The van der Waals surface area contributed by atoms with Crippen molar-refractivity contribution in [1.82, 2.24) is 0 Å². The van der Waals surface area contributed by atoms with Gasteiger partial charge in [0.1, 0.15) is 12.4 Å². The van der Waals surface area contributed by atoms with Crippen LogP contribution >= 0.6 is 0 Å². The summed E-state index contributed by atoms with van der Waals surface area (Å²) in [4.78, 5) is 0. The van der Waals surface area contributed by atoms with Crippen LogP contribution in [0.4, 0.5) is 4.39 Å². The summed E-state index contributed by atoms with van der Waals surface area (Å²) in [5.74, 6) is 1.03. The fourth-order valence-corrected chi connectivity index (χ4v) is 2.33. The van der Waals surface area contributed by atoms with E-state index < -0.39 is 12.1 Å². The molecule has 2 N–H and O–H groups in total. The Morgan fingerprint density at radius 2 is 1.95 bits per heavy atom. The van der Waals surface area contributed by atoms with Gasteiger partial charge in [0.2, 0.25) is 0 Å². The lowest BCUT2D eigenvalue weighted by Gasteiger charge is -2.30. The van der Waals surface area contributed by atoms with Crippen LogP contribution in [0.5, 0.6) is 11.5 Å². The van der Waals surface area contributed by atoms with E-state index in [-0.39, 0.29) is 5.82 Å². The first-order valence-corrected chi connectivity index (χ1v) is 6.55. The fraction of sp³-hybridized carbons (Fsp3) is 0.250. The minimum absolute atomic E-state index is 0.311. The van der Waals surface area contributed by atoms with Crippen LogP contribution in [-0.2, 0) is 0 Å². The average molecular weight is 273 g/mol. The molecule has 3 rings (SSSR count). The van der Waals surface area contributed by atoms with Crippen LogP contribution in [0.2, 0.25) is 0 Å². The van der Waals surface area contributed by atoms with Gasteiger partial charge in [-0.3, -0.25) is 0 Å². The molecule has 0 spiro atoms. The molecule has 1 aliphatic heterocycles. The minimum Gasteiger partial charge on any atom is -0.486 e. The molecule has 2 atom stereocenters. The van der Waals surface area contributed by atoms with E-state index in [4.69, 9.17) is 15.2 Å². The van der Waals surface area contributed by atoms with Crippen molar-refractivity contribution in [1.29, 1.82) is 0 Å². The van der Waals surface area contributed by atoms with Crippen LogP contribution in [0.15, 0.2) is 42.5 Å². The Kier molecular flexibility index (Phi) is 3.32. The number of hydrogen-bond acceptors (Lipinski definition) is 3. The van der Waals surface area contributed by atoms with E-state index >= 15 is 0 Å². The second-order valence-corrected chi connectivity index (χ2v) is 4.96. The van der Waals surface area contributed by atoms with Crippen molar-refractivity contribution >= 4 is 0 Å². The summed E-state index contributed by atoms with van der Waals surface area (Å²) in [5.41, 5.74) is 7.57. The van der Waals surface area contributed by atoms with Crippen molar-refractivity contribution in [3.8, 4) is 11.5 Å². The van der Waals surface area contributed by atoms with Crippen LogP contribution in [-0.4, -0.2) is 12.7 Å². The molecule has 0 amide bonds. The Balaban J connectivity index is 1.85. The molecule has 3 nitrogen and oxygen atoms in total. The quantitative estimate of drug-likeness (QED) is 0.915. The predicted molar refractivity (Wildman–Crippen MR) is 74.4 cm³/mol. The third-order valence-corrected chi connectivity index (χ3v) is 3.44. The molecule has 1 aliphatic rings. The second kappa shape index (κ2) is 5.13. The molecule has 2 aromatic rings. The van der Waals surface area contributed by atoms with Crippen LogP contribution < -0.4 is 15.2 Å². The Labute approximate surface area is 117 Å². The van der Waals surface area contributed by atoms with Gasteiger partial charge in [0.15, 0.2) is 17.6 Å². The molecule has 0 aromatic heterocycles. The van der Waals surface area contributed by atoms with E-state index in [0.29, 0.717) is 23.7 Å². The molecule has 4 heteroatoms. The van der Waals surface area contributed by atoms with E-state index in [1.807, 2.05) is 31.2 Å². The van der Waals surface area contributed by atoms with E-state index in [1.54, 1.807) is 12.1 Å². The Hall–Kier alpha value is -2.07. The van der Waals surface area contributed by atoms with Gasteiger partial charge in [0.05, 0.1) is 6.04 Å². The SMILES string of the molecule is Cc1ccc(F)c(C(N)C2COc3ccccc3O2)c1. The summed E-state index contributed by atoms with van der Waals surface area (Å²) in [6.45, 7) is 2.22. The third-order valence-electron chi connectivity index (χ3n) is 3.44. The minimum atomic E-state index is -0.566. The zero-order chi connectivity index (χ0) is 14.1. The lowest BCUT2D eigenvalue weighted by atomic mass is 9.99. The van der Waals surface area contributed by atoms with Gasteiger partial charge in [-0.25, -0.2) is 4.39 Å².